The topological polar surface area (TPSA) is 103 Å². The first-order valence-corrected chi connectivity index (χ1v) is 14.0. The molecule has 0 saturated heterocycles. The molecule has 192 valence electrons. The number of carbonyl (C=O) groups excluding carboxylic acids is 3. The summed E-state index contributed by atoms with van der Waals surface area (Å²) in [7, 11) is 0. The van der Waals surface area contributed by atoms with E-state index in [9.17, 15) is 14.4 Å². The van der Waals surface area contributed by atoms with E-state index in [-0.39, 0.29) is 6.54 Å². The van der Waals surface area contributed by atoms with Gasteiger partial charge in [-0.05, 0) is 0 Å². The van der Waals surface area contributed by atoms with Gasteiger partial charge < -0.3 is 0 Å². The van der Waals surface area contributed by atoms with Gasteiger partial charge in [-0.1, -0.05) is 0 Å². The molecule has 0 saturated carbocycles. The van der Waals surface area contributed by atoms with E-state index < -0.39 is 52.8 Å². The summed E-state index contributed by atoms with van der Waals surface area (Å²) < 4.78 is 17.1. The van der Waals surface area contributed by atoms with Crippen LogP contribution in [0.3, 0.4) is 0 Å². The Hall–Kier alpha value is -2.86. The number of halogens is 1. The van der Waals surface area contributed by atoms with Gasteiger partial charge in [-0.25, -0.2) is 0 Å². The fourth-order valence-electron chi connectivity index (χ4n) is 2.86. The van der Waals surface area contributed by atoms with Crippen molar-refractivity contribution in [2.75, 3.05) is 0 Å². The Bertz CT molecular complexity index is 973. The quantitative estimate of drug-likeness (QED) is 0.242. The van der Waals surface area contributed by atoms with Crippen molar-refractivity contribution in [1.29, 1.82) is 0 Å². The van der Waals surface area contributed by atoms with Crippen molar-refractivity contribution < 1.29 is 29.8 Å². The summed E-state index contributed by atoms with van der Waals surface area (Å²) in [6.07, 6.45) is -1.57. The second-order valence-corrected chi connectivity index (χ2v) is 14.3. The van der Waals surface area contributed by atoms with Gasteiger partial charge in [-0.3, -0.25) is 0 Å². The summed E-state index contributed by atoms with van der Waals surface area (Å²) in [5.74, 6) is -0.536. The van der Waals surface area contributed by atoms with E-state index in [1.54, 1.807) is 53.7 Å². The normalized spacial score (nSPS) is 12.3. The van der Waals surface area contributed by atoms with Crippen LogP contribution in [0.15, 0.2) is 60.7 Å². The minimum atomic E-state index is -3.30. The predicted molar refractivity (Wildman–Crippen MR) is 140 cm³/mol. The number of hydrogen-bond donors (Lipinski definition) is 2. The summed E-state index contributed by atoms with van der Waals surface area (Å²) in [5, 5.41) is 0. The summed E-state index contributed by atoms with van der Waals surface area (Å²) in [6, 6.07) is 18.3. The number of rotatable bonds is 7. The molecule has 2 N–H and O–H groups in total. The average molecular weight is 600 g/mol. The maximum atomic E-state index is 13.1. The van der Waals surface area contributed by atoms with Crippen LogP contribution in [0, 0.1) is 3.57 Å². The van der Waals surface area contributed by atoms with Gasteiger partial charge in [0, 0.05) is 0 Å². The van der Waals surface area contributed by atoms with Crippen LogP contribution in [0.4, 0.5) is 9.59 Å². The first-order valence-electron chi connectivity index (χ1n) is 11.1. The maximum absolute atomic E-state index is 13.1. The van der Waals surface area contributed by atoms with Gasteiger partial charge in [-0.15, -0.1) is 0 Å². The molecule has 0 radical (unpaired) electrons. The van der Waals surface area contributed by atoms with Crippen LogP contribution in [-0.4, -0.2) is 32.3 Å². The minimum absolute atomic E-state index is 0.0757. The van der Waals surface area contributed by atoms with E-state index in [0.717, 1.165) is 5.56 Å². The first kappa shape index (κ1) is 28.4. The molecule has 2 amide bonds. The summed E-state index contributed by atoms with van der Waals surface area (Å²) in [6.45, 7) is 11.8. The van der Waals surface area contributed by atoms with Gasteiger partial charge in [0.05, 0.1) is 0 Å². The molecule has 0 unspecified atom stereocenters. The van der Waals surface area contributed by atoms with Crippen LogP contribution >= 0.6 is 20.5 Å². The zero-order valence-corrected chi connectivity index (χ0v) is 23.4. The molecule has 2 rings (SSSR count). The number of nitrogens with one attached hydrogen (secondary N) is 2. The zero-order valence-electron chi connectivity index (χ0n) is 21.3. The van der Waals surface area contributed by atoms with Crippen molar-refractivity contribution in [2.45, 2.75) is 66.2 Å². The number of hydrogen-bond acceptors (Lipinski definition) is 6. The fourth-order valence-corrected chi connectivity index (χ4v) is 7.55. The van der Waals surface area contributed by atoms with E-state index in [0.29, 0.717) is 3.57 Å². The molecule has 0 spiro atoms. The molecular weight excluding hydrogens is 565 g/mol. The van der Waals surface area contributed by atoms with Crippen molar-refractivity contribution in [3.05, 3.63) is 69.8 Å². The predicted octanol–water partition coefficient (Wildman–Crippen LogP) is 5.65. The summed E-state index contributed by atoms with van der Waals surface area (Å²) in [5.41, 5.74) is 4.81. The van der Waals surface area contributed by atoms with Crippen LogP contribution in [0.5, 0.6) is 0 Å². The van der Waals surface area contributed by atoms with Crippen molar-refractivity contribution in [3.8, 4) is 0 Å². The van der Waals surface area contributed by atoms with E-state index in [1.165, 1.54) is 6.92 Å². The standard InChI is InChI=1S/C25H34IN3O6/c1-19(30)35-26(21-16-12-9-13-17-21)29(18-20-14-10-8-11-15-20,27-22(31)33-24(2,3)4)28-23(32)34-25(5,6)7/h8-17H,18H2,1-7H3,(H-,27,28,31,32)/p+1. The number of ether oxygens (including phenoxy) is 2. The number of carbonyl (C=O) groups is 3. The Morgan fingerprint density at radius 3 is 1.60 bits per heavy atom. The molecule has 0 fully saturated rings. The Kier molecular flexibility index (Phi) is 9.50. The summed E-state index contributed by atoms with van der Waals surface area (Å²) in [4.78, 5) is 38.5. The summed E-state index contributed by atoms with van der Waals surface area (Å²) >= 11 is -3.30. The molecule has 0 atom stereocenters. The Labute approximate surface area is 214 Å². The van der Waals surface area contributed by atoms with Crippen molar-refractivity contribution >= 4 is 38.7 Å². The Morgan fingerprint density at radius 2 is 1.20 bits per heavy atom. The van der Waals surface area contributed by atoms with E-state index >= 15 is 0 Å². The third kappa shape index (κ3) is 9.73. The fraction of sp³-hybridized carbons (Fsp3) is 0.400. The molecule has 2 aromatic carbocycles. The van der Waals surface area contributed by atoms with Gasteiger partial charge >= 0.3 is 215 Å². The van der Waals surface area contributed by atoms with E-state index in [1.807, 2.05) is 48.5 Å². The van der Waals surface area contributed by atoms with Crippen LogP contribution in [0.1, 0.15) is 54.0 Å². The molecule has 9 nitrogen and oxygen atoms in total. The average Bonchev–Trinajstić information content (AvgIpc) is 2.70. The van der Waals surface area contributed by atoms with Crippen molar-refractivity contribution in [2.24, 2.45) is 0 Å². The van der Waals surface area contributed by atoms with Gasteiger partial charge in [0.2, 0.25) is 0 Å². The van der Waals surface area contributed by atoms with Gasteiger partial charge in [-0.2, -0.15) is 0 Å². The second-order valence-electron chi connectivity index (χ2n) is 9.68. The molecule has 0 bridgehead atoms. The number of benzene rings is 2. The first-order chi connectivity index (χ1) is 16.2. The third-order valence-electron chi connectivity index (χ3n) is 3.94. The molecule has 0 heterocycles. The Morgan fingerprint density at radius 1 is 0.771 bits per heavy atom. The SMILES string of the molecule is CC(=O)OI(c1ccccc1)[N+](Cc1ccccc1)(NC(=O)OC(C)(C)C)NC(=O)OC(C)(C)C. The number of quaternary nitrogens is 1. The molecule has 2 aromatic rings. The van der Waals surface area contributed by atoms with Crippen LogP contribution in [0.25, 0.3) is 0 Å². The van der Waals surface area contributed by atoms with Crippen molar-refractivity contribution in [1.82, 2.24) is 10.9 Å². The van der Waals surface area contributed by atoms with Gasteiger partial charge in [0.15, 0.2) is 0 Å². The number of amides is 2. The number of nitrogens with zero attached hydrogens (tertiary/aromatic N) is 1. The van der Waals surface area contributed by atoms with Crippen LogP contribution in [0.2, 0.25) is 0 Å². The zero-order chi connectivity index (χ0) is 26.3. The molecular formula is C25H35IN3O6+. The molecule has 0 aliphatic rings. The van der Waals surface area contributed by atoms with Gasteiger partial charge in [0.1, 0.15) is 0 Å². The second kappa shape index (κ2) is 11.7. The Balaban J connectivity index is 2.69. The molecule has 35 heavy (non-hydrogen) atoms. The van der Waals surface area contributed by atoms with E-state index in [4.69, 9.17) is 12.5 Å². The molecule has 0 aliphatic heterocycles. The van der Waals surface area contributed by atoms with Crippen molar-refractivity contribution in [3.63, 3.8) is 0 Å². The van der Waals surface area contributed by atoms with Crippen LogP contribution in [-0.2, 0) is 23.9 Å². The van der Waals surface area contributed by atoms with Gasteiger partial charge in [0.25, 0.3) is 0 Å². The monoisotopic (exact) mass is 600 g/mol. The molecule has 10 heteroatoms. The molecule has 0 aliphatic carbocycles. The third-order valence-corrected chi connectivity index (χ3v) is 9.08. The molecule has 0 aromatic heterocycles. The van der Waals surface area contributed by atoms with E-state index in [2.05, 4.69) is 10.9 Å². The van der Waals surface area contributed by atoms with Crippen LogP contribution < -0.4 is 10.9 Å².